The zero-order chi connectivity index (χ0) is 20.0. The highest BCUT2D eigenvalue weighted by atomic mass is 16.7. The summed E-state index contributed by atoms with van der Waals surface area (Å²) in [4.78, 5) is 13.3. The highest BCUT2D eigenvalue weighted by molar-refractivity contribution is 6.02. The van der Waals surface area contributed by atoms with E-state index in [0.717, 1.165) is 5.56 Å². The quantitative estimate of drug-likeness (QED) is 0.765. The first-order chi connectivity index (χ1) is 14.2. The molecule has 3 heterocycles. The van der Waals surface area contributed by atoms with Gasteiger partial charge in [0.2, 0.25) is 19.3 Å². The molecule has 2 aromatic carbocycles. The Bertz CT molecular complexity index is 956. The van der Waals surface area contributed by atoms with Crippen molar-refractivity contribution in [2.24, 2.45) is 11.8 Å². The molecule has 0 aromatic heterocycles. The van der Waals surface area contributed by atoms with E-state index >= 15 is 0 Å². The van der Waals surface area contributed by atoms with E-state index < -0.39 is 17.9 Å². The number of ketones is 1. The van der Waals surface area contributed by atoms with E-state index in [1.807, 2.05) is 18.2 Å². The molecule has 3 aliphatic rings. The van der Waals surface area contributed by atoms with E-state index in [4.69, 9.17) is 28.4 Å². The summed E-state index contributed by atoms with van der Waals surface area (Å²) < 4.78 is 33.0. The van der Waals surface area contributed by atoms with Crippen molar-refractivity contribution in [1.29, 1.82) is 0 Å². The third kappa shape index (κ3) is 2.87. The molecule has 0 saturated carbocycles. The van der Waals surface area contributed by atoms with Gasteiger partial charge in [0.15, 0.2) is 28.8 Å². The standard InChI is InChI=1S/C21H20O8/c1-24-20-12(3-5-16-21(20)29-10-27-16)18(23)14-8-25-19(13(14)7-22)11-2-4-15-17(6-11)28-9-26-15/h2-6,13-14,19,22H,7-10H2,1H3/t13-,14+,19+/m0/s1. The second-order valence-corrected chi connectivity index (χ2v) is 7.06. The lowest BCUT2D eigenvalue weighted by molar-refractivity contribution is 0.0713. The first-order valence-electron chi connectivity index (χ1n) is 9.34. The minimum atomic E-state index is -0.523. The summed E-state index contributed by atoms with van der Waals surface area (Å²) in [7, 11) is 1.48. The molecule has 2 aromatic rings. The molecule has 1 fully saturated rings. The third-order valence-electron chi connectivity index (χ3n) is 5.60. The number of hydrogen-bond acceptors (Lipinski definition) is 8. The van der Waals surface area contributed by atoms with Crippen LogP contribution in [-0.4, -0.2) is 44.8 Å². The molecule has 3 aliphatic heterocycles. The van der Waals surface area contributed by atoms with Gasteiger partial charge < -0.3 is 33.5 Å². The molecule has 1 N–H and O–H groups in total. The predicted molar refractivity (Wildman–Crippen MR) is 98.8 cm³/mol. The van der Waals surface area contributed by atoms with E-state index in [2.05, 4.69) is 0 Å². The molecular weight excluding hydrogens is 380 g/mol. The lowest BCUT2D eigenvalue weighted by atomic mass is 9.83. The number of carbonyl (C=O) groups excluding carboxylic acids is 1. The second-order valence-electron chi connectivity index (χ2n) is 7.06. The SMILES string of the molecule is COc1c(C(=O)[C@@H]2CO[C@H](c3ccc4c(c3)OCO4)[C@H]2CO)ccc2c1OCO2. The Balaban J connectivity index is 1.44. The summed E-state index contributed by atoms with van der Waals surface area (Å²) in [5.41, 5.74) is 1.22. The lowest BCUT2D eigenvalue weighted by Gasteiger charge is -2.21. The Kier molecular flexibility index (Phi) is 4.44. The van der Waals surface area contributed by atoms with Crippen molar-refractivity contribution >= 4 is 5.78 Å². The number of carbonyl (C=O) groups is 1. The van der Waals surface area contributed by atoms with Gasteiger partial charge >= 0.3 is 0 Å². The van der Waals surface area contributed by atoms with Crippen molar-refractivity contribution in [2.75, 3.05) is 33.9 Å². The zero-order valence-corrected chi connectivity index (χ0v) is 15.8. The summed E-state index contributed by atoms with van der Waals surface area (Å²) in [6.07, 6.45) is -0.427. The fraction of sp³-hybridized carbons (Fsp3) is 0.381. The summed E-state index contributed by atoms with van der Waals surface area (Å²) in [6.45, 7) is 0.267. The predicted octanol–water partition coefficient (Wildman–Crippen LogP) is 2.33. The number of Topliss-reactive ketones (excluding diaryl/α,β-unsaturated/α-hetero) is 1. The number of aliphatic hydroxyl groups is 1. The zero-order valence-electron chi connectivity index (χ0n) is 15.8. The van der Waals surface area contributed by atoms with Crippen LogP contribution >= 0.6 is 0 Å². The van der Waals surface area contributed by atoms with Crippen molar-refractivity contribution < 1.29 is 38.3 Å². The largest absolute Gasteiger partial charge is 0.492 e. The van der Waals surface area contributed by atoms with Gasteiger partial charge in [-0.05, 0) is 29.8 Å². The van der Waals surface area contributed by atoms with Crippen LogP contribution in [0, 0.1) is 11.8 Å². The number of benzene rings is 2. The summed E-state index contributed by atoms with van der Waals surface area (Å²) in [5.74, 6) is 1.52. The lowest BCUT2D eigenvalue weighted by Crippen LogP contribution is -2.26. The molecule has 8 nitrogen and oxygen atoms in total. The van der Waals surface area contributed by atoms with Crippen LogP contribution in [-0.2, 0) is 4.74 Å². The second kappa shape index (κ2) is 7.13. The van der Waals surface area contributed by atoms with Crippen molar-refractivity contribution in [3.05, 3.63) is 41.5 Å². The molecule has 0 spiro atoms. The van der Waals surface area contributed by atoms with Gasteiger partial charge in [0.25, 0.3) is 0 Å². The van der Waals surface area contributed by atoms with Crippen molar-refractivity contribution in [3.8, 4) is 28.7 Å². The van der Waals surface area contributed by atoms with Gasteiger partial charge in [-0.15, -0.1) is 0 Å². The molecule has 0 amide bonds. The molecule has 5 rings (SSSR count). The Hall–Kier alpha value is -2.97. The van der Waals surface area contributed by atoms with Crippen LogP contribution in [0.25, 0.3) is 0 Å². The Morgan fingerprint density at radius 1 is 1.07 bits per heavy atom. The highest BCUT2D eigenvalue weighted by Crippen LogP contribution is 2.47. The number of fused-ring (bicyclic) bond motifs is 2. The minimum absolute atomic E-state index is 0.0847. The number of hydrogen-bond donors (Lipinski definition) is 1. The van der Waals surface area contributed by atoms with Crippen LogP contribution in [0.5, 0.6) is 28.7 Å². The fourth-order valence-electron chi connectivity index (χ4n) is 4.14. The van der Waals surface area contributed by atoms with Gasteiger partial charge in [-0.1, -0.05) is 6.07 Å². The Morgan fingerprint density at radius 3 is 2.66 bits per heavy atom. The summed E-state index contributed by atoms with van der Waals surface area (Å²) in [6, 6.07) is 8.87. The Morgan fingerprint density at radius 2 is 1.83 bits per heavy atom. The van der Waals surface area contributed by atoms with Crippen LogP contribution in [0.3, 0.4) is 0 Å². The maximum absolute atomic E-state index is 13.3. The summed E-state index contributed by atoms with van der Waals surface area (Å²) >= 11 is 0. The molecule has 0 bridgehead atoms. The van der Waals surface area contributed by atoms with Gasteiger partial charge in [-0.3, -0.25) is 4.79 Å². The van der Waals surface area contributed by atoms with E-state index in [1.165, 1.54) is 7.11 Å². The van der Waals surface area contributed by atoms with Gasteiger partial charge in [-0.2, -0.15) is 0 Å². The monoisotopic (exact) mass is 400 g/mol. The minimum Gasteiger partial charge on any atom is -0.492 e. The number of ether oxygens (including phenoxy) is 6. The average Bonchev–Trinajstić information content (AvgIpc) is 3.50. The van der Waals surface area contributed by atoms with Crippen molar-refractivity contribution in [1.82, 2.24) is 0 Å². The van der Waals surface area contributed by atoms with Gasteiger partial charge in [0, 0.05) is 12.5 Å². The first kappa shape index (κ1) is 18.1. The molecule has 152 valence electrons. The highest BCUT2D eigenvalue weighted by Gasteiger charge is 2.43. The number of rotatable bonds is 5. The molecule has 1 saturated heterocycles. The number of methoxy groups -OCH3 is 1. The van der Waals surface area contributed by atoms with Crippen LogP contribution in [0.2, 0.25) is 0 Å². The summed E-state index contributed by atoms with van der Waals surface area (Å²) in [5, 5.41) is 10.1. The topological polar surface area (TPSA) is 92.7 Å². The number of aliphatic hydroxyl groups excluding tert-OH is 1. The van der Waals surface area contributed by atoms with Gasteiger partial charge in [-0.25, -0.2) is 0 Å². The Labute approximate surface area is 166 Å². The van der Waals surface area contributed by atoms with E-state index in [0.29, 0.717) is 34.3 Å². The molecular formula is C21H20O8. The average molecular weight is 400 g/mol. The molecule has 29 heavy (non-hydrogen) atoms. The van der Waals surface area contributed by atoms with E-state index in [-0.39, 0.29) is 32.6 Å². The normalized spacial score (nSPS) is 24.0. The first-order valence-corrected chi connectivity index (χ1v) is 9.34. The third-order valence-corrected chi connectivity index (χ3v) is 5.60. The molecule has 8 heteroatoms. The molecule has 0 aliphatic carbocycles. The molecule has 3 atom stereocenters. The van der Waals surface area contributed by atoms with Crippen LogP contribution < -0.4 is 23.7 Å². The van der Waals surface area contributed by atoms with Crippen molar-refractivity contribution in [3.63, 3.8) is 0 Å². The smallest absolute Gasteiger partial charge is 0.231 e. The fourth-order valence-corrected chi connectivity index (χ4v) is 4.14. The van der Waals surface area contributed by atoms with Gasteiger partial charge in [0.1, 0.15) is 0 Å². The van der Waals surface area contributed by atoms with E-state index in [1.54, 1.807) is 12.1 Å². The van der Waals surface area contributed by atoms with Gasteiger partial charge in [0.05, 0.1) is 31.3 Å². The molecule has 0 unspecified atom stereocenters. The van der Waals surface area contributed by atoms with Crippen LogP contribution in [0.4, 0.5) is 0 Å². The van der Waals surface area contributed by atoms with Crippen LogP contribution in [0.15, 0.2) is 30.3 Å². The maximum atomic E-state index is 13.3. The van der Waals surface area contributed by atoms with E-state index in [9.17, 15) is 9.90 Å². The van der Waals surface area contributed by atoms with Crippen LogP contribution in [0.1, 0.15) is 22.0 Å². The maximum Gasteiger partial charge on any atom is 0.231 e. The van der Waals surface area contributed by atoms with Crippen molar-refractivity contribution in [2.45, 2.75) is 6.10 Å². The molecule has 0 radical (unpaired) electrons.